The van der Waals surface area contributed by atoms with Crippen LogP contribution in [-0.2, 0) is 6.54 Å². The van der Waals surface area contributed by atoms with Gasteiger partial charge in [0.1, 0.15) is 11.6 Å². The summed E-state index contributed by atoms with van der Waals surface area (Å²) in [6.45, 7) is 0.136. The third kappa shape index (κ3) is 2.22. The molecule has 0 spiro atoms. The number of rotatable bonds is 2. The predicted octanol–water partition coefficient (Wildman–Crippen LogP) is 3.37. The Morgan fingerprint density at radius 3 is 1.94 bits per heavy atom. The van der Waals surface area contributed by atoms with Crippen molar-refractivity contribution in [2.45, 2.75) is 6.54 Å². The second-order valence-corrected chi connectivity index (χ2v) is 3.76. The molecule has 0 amide bonds. The molecule has 0 fully saturated rings. The van der Waals surface area contributed by atoms with E-state index >= 15 is 0 Å². The lowest BCUT2D eigenvalue weighted by Crippen LogP contribution is -1.98. The van der Waals surface area contributed by atoms with E-state index in [-0.39, 0.29) is 17.7 Å². The molecule has 0 saturated heterocycles. The minimum Gasteiger partial charge on any atom is -0.326 e. The third-order valence-electron chi connectivity index (χ3n) is 2.57. The molecule has 0 heterocycles. The van der Waals surface area contributed by atoms with Gasteiger partial charge in [-0.25, -0.2) is 17.6 Å². The van der Waals surface area contributed by atoms with Crippen LogP contribution in [0.3, 0.4) is 0 Å². The maximum atomic E-state index is 13.7. The van der Waals surface area contributed by atoms with Crippen molar-refractivity contribution in [3.8, 4) is 11.1 Å². The fourth-order valence-electron chi connectivity index (χ4n) is 1.63. The Kier molecular flexibility index (Phi) is 3.34. The van der Waals surface area contributed by atoms with Crippen molar-refractivity contribution < 1.29 is 17.6 Å². The molecule has 5 heteroatoms. The van der Waals surface area contributed by atoms with Gasteiger partial charge in [-0.05, 0) is 17.7 Å². The fraction of sp³-hybridized carbons (Fsp3) is 0.0769. The lowest BCUT2D eigenvalue weighted by atomic mass is 10.0. The lowest BCUT2D eigenvalue weighted by molar-refractivity contribution is 0.495. The average Bonchev–Trinajstić information content (AvgIpc) is 2.34. The summed E-state index contributed by atoms with van der Waals surface area (Å²) >= 11 is 0. The van der Waals surface area contributed by atoms with Gasteiger partial charge in [-0.15, -0.1) is 0 Å². The van der Waals surface area contributed by atoms with Crippen molar-refractivity contribution in [3.05, 3.63) is 59.2 Å². The zero-order valence-corrected chi connectivity index (χ0v) is 9.18. The van der Waals surface area contributed by atoms with Crippen molar-refractivity contribution in [2.75, 3.05) is 0 Å². The highest BCUT2D eigenvalue weighted by atomic mass is 19.2. The largest absolute Gasteiger partial charge is 0.326 e. The summed E-state index contributed by atoms with van der Waals surface area (Å²) in [5.74, 6) is -4.29. The molecule has 0 aliphatic carbocycles. The van der Waals surface area contributed by atoms with E-state index in [0.29, 0.717) is 17.7 Å². The van der Waals surface area contributed by atoms with Crippen LogP contribution in [0, 0.1) is 23.3 Å². The summed E-state index contributed by atoms with van der Waals surface area (Å²) in [7, 11) is 0. The van der Waals surface area contributed by atoms with Crippen molar-refractivity contribution in [3.63, 3.8) is 0 Å². The second-order valence-electron chi connectivity index (χ2n) is 3.76. The monoisotopic (exact) mass is 255 g/mol. The van der Waals surface area contributed by atoms with Gasteiger partial charge in [-0.3, -0.25) is 0 Å². The van der Waals surface area contributed by atoms with E-state index in [1.165, 1.54) is 12.1 Å². The van der Waals surface area contributed by atoms with Crippen LogP contribution in [0.5, 0.6) is 0 Å². The van der Waals surface area contributed by atoms with Crippen LogP contribution in [-0.4, -0.2) is 0 Å². The molecule has 2 aromatic rings. The Morgan fingerprint density at radius 2 is 1.33 bits per heavy atom. The first-order chi connectivity index (χ1) is 8.52. The number of hydrogen-bond donors (Lipinski definition) is 1. The molecule has 0 atom stereocenters. The molecule has 2 aromatic carbocycles. The van der Waals surface area contributed by atoms with E-state index in [0.717, 1.165) is 6.07 Å². The first kappa shape index (κ1) is 12.6. The van der Waals surface area contributed by atoms with Crippen LogP contribution in [0.2, 0.25) is 0 Å². The van der Waals surface area contributed by atoms with E-state index in [9.17, 15) is 17.6 Å². The molecule has 0 aromatic heterocycles. The Labute approximate surface area is 101 Å². The maximum Gasteiger partial charge on any atom is 0.161 e. The first-order valence-electron chi connectivity index (χ1n) is 5.16. The molecule has 0 aliphatic heterocycles. The third-order valence-corrected chi connectivity index (χ3v) is 2.57. The number of hydrogen-bond acceptors (Lipinski definition) is 1. The molecule has 18 heavy (non-hydrogen) atoms. The van der Waals surface area contributed by atoms with E-state index in [1.807, 2.05) is 0 Å². The minimum atomic E-state index is -1.31. The average molecular weight is 255 g/mol. The predicted molar refractivity (Wildman–Crippen MR) is 59.6 cm³/mol. The molecule has 2 rings (SSSR count). The summed E-state index contributed by atoms with van der Waals surface area (Å²) in [5, 5.41) is 0. The van der Waals surface area contributed by atoms with Gasteiger partial charge < -0.3 is 5.73 Å². The van der Waals surface area contributed by atoms with Gasteiger partial charge >= 0.3 is 0 Å². The lowest BCUT2D eigenvalue weighted by Gasteiger charge is -2.07. The van der Waals surface area contributed by atoms with Gasteiger partial charge in [0.15, 0.2) is 11.6 Å². The van der Waals surface area contributed by atoms with Crippen LogP contribution >= 0.6 is 0 Å². The molecule has 0 aliphatic rings. The van der Waals surface area contributed by atoms with Gasteiger partial charge in [0.25, 0.3) is 0 Å². The van der Waals surface area contributed by atoms with E-state index in [1.54, 1.807) is 0 Å². The van der Waals surface area contributed by atoms with Crippen LogP contribution < -0.4 is 5.73 Å². The summed E-state index contributed by atoms with van der Waals surface area (Å²) in [6.07, 6.45) is 0. The highest BCUT2D eigenvalue weighted by Crippen LogP contribution is 2.28. The van der Waals surface area contributed by atoms with Crippen molar-refractivity contribution >= 4 is 0 Å². The highest BCUT2D eigenvalue weighted by molar-refractivity contribution is 5.65. The SMILES string of the molecule is NCc1ccc(-c2cc(F)c(F)cc2F)c(F)c1. The molecule has 0 unspecified atom stereocenters. The second kappa shape index (κ2) is 4.78. The molecule has 0 radical (unpaired) electrons. The van der Waals surface area contributed by atoms with Crippen molar-refractivity contribution in [1.82, 2.24) is 0 Å². The number of halogens is 4. The molecule has 1 nitrogen and oxygen atoms in total. The summed E-state index contributed by atoms with van der Waals surface area (Å²) in [4.78, 5) is 0. The zero-order valence-electron chi connectivity index (χ0n) is 9.18. The van der Waals surface area contributed by atoms with Crippen LogP contribution in [0.1, 0.15) is 5.56 Å². The first-order valence-corrected chi connectivity index (χ1v) is 5.16. The van der Waals surface area contributed by atoms with Crippen molar-refractivity contribution in [1.29, 1.82) is 0 Å². The van der Waals surface area contributed by atoms with E-state index in [2.05, 4.69) is 0 Å². The fourth-order valence-corrected chi connectivity index (χ4v) is 1.63. The zero-order chi connectivity index (χ0) is 13.3. The Bertz CT molecular complexity index is 596. The smallest absolute Gasteiger partial charge is 0.161 e. The Hall–Kier alpha value is -1.88. The summed E-state index contributed by atoms with van der Waals surface area (Å²) in [5.41, 5.74) is 5.40. The standard InChI is InChI=1S/C13H9F4N/c14-10-3-7(6-18)1-2-8(10)9-4-12(16)13(17)5-11(9)15/h1-5H,6,18H2. The summed E-state index contributed by atoms with van der Waals surface area (Å²) in [6, 6.07) is 4.94. The maximum absolute atomic E-state index is 13.7. The van der Waals surface area contributed by atoms with Gasteiger partial charge in [0.05, 0.1) is 0 Å². The normalized spacial score (nSPS) is 10.7. The van der Waals surface area contributed by atoms with Crippen LogP contribution in [0.4, 0.5) is 17.6 Å². The summed E-state index contributed by atoms with van der Waals surface area (Å²) < 4.78 is 53.0. The molecule has 0 bridgehead atoms. The molecular formula is C13H9F4N. The van der Waals surface area contributed by atoms with Gasteiger partial charge in [-0.1, -0.05) is 12.1 Å². The van der Waals surface area contributed by atoms with Gasteiger partial charge in [-0.2, -0.15) is 0 Å². The Balaban J connectivity index is 2.58. The van der Waals surface area contributed by atoms with Crippen molar-refractivity contribution in [2.24, 2.45) is 5.73 Å². The Morgan fingerprint density at radius 1 is 0.722 bits per heavy atom. The molecule has 2 N–H and O–H groups in total. The molecule has 94 valence electrons. The van der Waals surface area contributed by atoms with Gasteiger partial charge in [0, 0.05) is 23.7 Å². The number of nitrogens with two attached hydrogens (primary N) is 1. The van der Waals surface area contributed by atoms with E-state index < -0.39 is 23.3 Å². The van der Waals surface area contributed by atoms with E-state index in [4.69, 9.17) is 5.73 Å². The van der Waals surface area contributed by atoms with Gasteiger partial charge in [0.2, 0.25) is 0 Å². The van der Waals surface area contributed by atoms with Crippen LogP contribution in [0.25, 0.3) is 11.1 Å². The quantitative estimate of drug-likeness (QED) is 0.646. The number of benzene rings is 2. The minimum absolute atomic E-state index is 0.136. The molecular weight excluding hydrogens is 246 g/mol. The topological polar surface area (TPSA) is 26.0 Å². The van der Waals surface area contributed by atoms with Crippen LogP contribution in [0.15, 0.2) is 30.3 Å². The highest BCUT2D eigenvalue weighted by Gasteiger charge is 2.14. The molecule has 0 saturated carbocycles.